The summed E-state index contributed by atoms with van der Waals surface area (Å²) >= 11 is 0. The summed E-state index contributed by atoms with van der Waals surface area (Å²) in [4.78, 5) is 4.41. The molecule has 1 aliphatic heterocycles. The van der Waals surface area contributed by atoms with Gasteiger partial charge < -0.3 is 15.4 Å². The van der Waals surface area contributed by atoms with Crippen LogP contribution in [0.4, 0.5) is 0 Å². The van der Waals surface area contributed by atoms with Gasteiger partial charge in [0, 0.05) is 30.5 Å². The predicted molar refractivity (Wildman–Crippen MR) is 91.3 cm³/mol. The van der Waals surface area contributed by atoms with Crippen molar-refractivity contribution in [3.8, 4) is 12.3 Å². The van der Waals surface area contributed by atoms with Crippen LogP contribution in [0.1, 0.15) is 32.6 Å². The number of guanidine groups is 1. The second-order valence-corrected chi connectivity index (χ2v) is 5.85. The van der Waals surface area contributed by atoms with Crippen LogP contribution in [0.25, 0.3) is 0 Å². The van der Waals surface area contributed by atoms with E-state index in [4.69, 9.17) is 11.2 Å². The largest absolute Gasteiger partial charge is 0.377 e. The molecule has 0 aromatic carbocycles. The number of fused-ring (bicyclic) bond motifs is 2. The first-order valence-corrected chi connectivity index (χ1v) is 7.42. The first-order valence-electron chi connectivity index (χ1n) is 7.42. The molecule has 20 heavy (non-hydrogen) atoms. The molecule has 2 aliphatic carbocycles. The van der Waals surface area contributed by atoms with Gasteiger partial charge in [-0.1, -0.05) is 12.3 Å². The molecule has 3 unspecified atom stereocenters. The zero-order valence-corrected chi connectivity index (χ0v) is 14.4. The molecule has 1 spiro atoms. The zero-order valence-electron chi connectivity index (χ0n) is 12.0. The number of rotatable bonds is 3. The van der Waals surface area contributed by atoms with E-state index >= 15 is 0 Å². The van der Waals surface area contributed by atoms with Crippen LogP contribution in [0, 0.1) is 23.7 Å². The van der Waals surface area contributed by atoms with Crippen LogP contribution >= 0.6 is 24.0 Å². The second-order valence-electron chi connectivity index (χ2n) is 5.85. The van der Waals surface area contributed by atoms with Crippen molar-refractivity contribution >= 4 is 29.9 Å². The summed E-state index contributed by atoms with van der Waals surface area (Å²) in [6.07, 6.45) is 10.9. The number of hydrogen-bond acceptors (Lipinski definition) is 2. The molecule has 0 radical (unpaired) electrons. The first-order chi connectivity index (χ1) is 9.31. The highest BCUT2D eigenvalue weighted by molar-refractivity contribution is 14.0. The lowest BCUT2D eigenvalue weighted by Crippen LogP contribution is -2.72. The van der Waals surface area contributed by atoms with Gasteiger partial charge in [0.05, 0.1) is 6.10 Å². The summed E-state index contributed by atoms with van der Waals surface area (Å²) in [6.45, 7) is 4.29. The van der Waals surface area contributed by atoms with Gasteiger partial charge in [-0.25, -0.2) is 4.99 Å². The molecular formula is C15H24IN3O. The van der Waals surface area contributed by atoms with Gasteiger partial charge in [-0.2, -0.15) is 0 Å². The third-order valence-corrected chi connectivity index (χ3v) is 5.00. The minimum Gasteiger partial charge on any atom is -0.377 e. The monoisotopic (exact) mass is 389 g/mol. The molecule has 0 amide bonds. The Balaban J connectivity index is 0.00000147. The van der Waals surface area contributed by atoms with E-state index in [-0.39, 0.29) is 24.0 Å². The Bertz CT molecular complexity index is 414. The average molecular weight is 389 g/mol. The van der Waals surface area contributed by atoms with Gasteiger partial charge in [-0.05, 0) is 26.2 Å². The highest BCUT2D eigenvalue weighted by Gasteiger charge is 2.66. The van der Waals surface area contributed by atoms with Crippen LogP contribution in [0.5, 0.6) is 0 Å². The summed E-state index contributed by atoms with van der Waals surface area (Å²) < 4.78 is 5.93. The van der Waals surface area contributed by atoms with Crippen molar-refractivity contribution in [3.63, 3.8) is 0 Å². The van der Waals surface area contributed by atoms with Crippen LogP contribution in [-0.4, -0.2) is 37.8 Å². The third kappa shape index (κ3) is 2.41. The average Bonchev–Trinajstić information content (AvgIpc) is 2.76. The van der Waals surface area contributed by atoms with E-state index in [1.165, 1.54) is 25.7 Å². The molecule has 0 aromatic heterocycles. The van der Waals surface area contributed by atoms with Gasteiger partial charge in [0.25, 0.3) is 0 Å². The van der Waals surface area contributed by atoms with Gasteiger partial charge >= 0.3 is 0 Å². The lowest BCUT2D eigenvalue weighted by atomic mass is 9.46. The van der Waals surface area contributed by atoms with E-state index in [1.807, 2.05) is 0 Å². The smallest absolute Gasteiger partial charge is 0.192 e. The van der Waals surface area contributed by atoms with Crippen LogP contribution < -0.4 is 10.6 Å². The van der Waals surface area contributed by atoms with E-state index in [9.17, 15) is 0 Å². The standard InChI is InChI=1S/C15H23N3O.HI/c1-3-9-17-14(16-4-2)18-12-11-6-10-19-13(11)15(12)7-5-8-15;/h1,11-13H,4-10H2,2H3,(H2,16,17,18);1H. The summed E-state index contributed by atoms with van der Waals surface area (Å²) in [7, 11) is 0. The summed E-state index contributed by atoms with van der Waals surface area (Å²) in [5, 5.41) is 6.90. The Morgan fingerprint density at radius 1 is 1.50 bits per heavy atom. The quantitative estimate of drug-likeness (QED) is 0.335. The van der Waals surface area contributed by atoms with Gasteiger partial charge in [0.2, 0.25) is 0 Å². The Hall–Kier alpha value is -0.480. The Morgan fingerprint density at radius 2 is 2.30 bits per heavy atom. The molecular weight excluding hydrogens is 365 g/mol. The number of nitrogens with one attached hydrogen (secondary N) is 2. The molecule has 2 N–H and O–H groups in total. The SMILES string of the molecule is C#CCN=C(NCC)NC1C2CCOC2C12CCC2.I. The van der Waals surface area contributed by atoms with Gasteiger partial charge in [0.1, 0.15) is 6.54 Å². The Morgan fingerprint density at radius 3 is 2.90 bits per heavy atom. The van der Waals surface area contributed by atoms with Crippen LogP contribution in [0.15, 0.2) is 4.99 Å². The van der Waals surface area contributed by atoms with Crippen LogP contribution in [-0.2, 0) is 4.74 Å². The highest BCUT2D eigenvalue weighted by Crippen LogP contribution is 2.62. The molecule has 3 atom stereocenters. The summed E-state index contributed by atoms with van der Waals surface area (Å²) in [5.41, 5.74) is 0.382. The number of nitrogens with zero attached hydrogens (tertiary/aromatic N) is 1. The van der Waals surface area contributed by atoms with E-state index in [1.54, 1.807) is 0 Å². The highest BCUT2D eigenvalue weighted by atomic mass is 127. The molecule has 3 fully saturated rings. The van der Waals surface area contributed by atoms with E-state index in [0.717, 1.165) is 19.1 Å². The zero-order chi connectivity index (χ0) is 13.3. The Labute approximate surface area is 138 Å². The molecule has 0 aromatic rings. The fraction of sp³-hybridized carbons (Fsp3) is 0.800. The van der Waals surface area contributed by atoms with Gasteiger partial charge in [-0.3, -0.25) is 0 Å². The van der Waals surface area contributed by atoms with E-state index < -0.39 is 0 Å². The van der Waals surface area contributed by atoms with Crippen molar-refractivity contribution < 1.29 is 4.74 Å². The fourth-order valence-corrected chi connectivity index (χ4v) is 4.05. The number of terminal acetylenes is 1. The maximum Gasteiger partial charge on any atom is 0.192 e. The first kappa shape index (κ1) is 15.9. The number of ether oxygens (including phenoxy) is 1. The Kier molecular flexibility index (Phi) is 5.19. The van der Waals surface area contributed by atoms with Crippen molar-refractivity contribution in [2.24, 2.45) is 16.3 Å². The lowest BCUT2D eigenvalue weighted by molar-refractivity contribution is -0.171. The molecule has 5 heteroatoms. The minimum absolute atomic E-state index is 0. The lowest BCUT2D eigenvalue weighted by Gasteiger charge is -2.63. The molecule has 3 aliphatic rings. The molecule has 0 bridgehead atoms. The van der Waals surface area contributed by atoms with Gasteiger partial charge in [0.15, 0.2) is 5.96 Å². The molecule has 1 saturated heterocycles. The van der Waals surface area contributed by atoms with Crippen molar-refractivity contribution in [2.75, 3.05) is 19.7 Å². The van der Waals surface area contributed by atoms with E-state index in [0.29, 0.717) is 30.0 Å². The minimum atomic E-state index is 0. The fourth-order valence-electron chi connectivity index (χ4n) is 4.05. The maximum atomic E-state index is 5.93. The van der Waals surface area contributed by atoms with E-state index in [2.05, 4.69) is 28.5 Å². The van der Waals surface area contributed by atoms with Crippen molar-refractivity contribution in [2.45, 2.75) is 44.8 Å². The summed E-state index contributed by atoms with van der Waals surface area (Å²) in [5.74, 6) is 4.09. The molecule has 3 rings (SSSR count). The third-order valence-electron chi connectivity index (χ3n) is 5.00. The van der Waals surface area contributed by atoms with Crippen LogP contribution in [0.3, 0.4) is 0 Å². The van der Waals surface area contributed by atoms with Crippen molar-refractivity contribution in [1.82, 2.24) is 10.6 Å². The normalized spacial score (nSPS) is 33.2. The summed E-state index contributed by atoms with van der Waals surface area (Å²) in [6, 6.07) is 0.518. The molecule has 1 heterocycles. The topological polar surface area (TPSA) is 45.7 Å². The number of halogens is 1. The van der Waals surface area contributed by atoms with Gasteiger partial charge in [-0.15, -0.1) is 30.4 Å². The maximum absolute atomic E-state index is 5.93. The van der Waals surface area contributed by atoms with Crippen molar-refractivity contribution in [3.05, 3.63) is 0 Å². The van der Waals surface area contributed by atoms with Crippen LogP contribution in [0.2, 0.25) is 0 Å². The molecule has 112 valence electrons. The van der Waals surface area contributed by atoms with Crippen molar-refractivity contribution in [1.29, 1.82) is 0 Å². The molecule has 2 saturated carbocycles. The molecule has 4 nitrogen and oxygen atoms in total. The predicted octanol–water partition coefficient (Wildman–Crippen LogP) is 1.75. The number of hydrogen-bond donors (Lipinski definition) is 2. The second kappa shape index (κ2) is 6.52. The number of aliphatic imine (C=N–C) groups is 1.